The molecule has 0 saturated carbocycles. The largest absolute Gasteiger partial charge is 0.353 e. The molecule has 0 aromatic heterocycles. The van der Waals surface area contributed by atoms with Crippen LogP contribution in [0.3, 0.4) is 0 Å². The van der Waals surface area contributed by atoms with Crippen LogP contribution in [0.15, 0.2) is 0 Å². The van der Waals surface area contributed by atoms with Gasteiger partial charge in [-0.2, -0.15) is 4.21 Å². The van der Waals surface area contributed by atoms with Gasteiger partial charge in [0.2, 0.25) is 0 Å². The topological polar surface area (TPSA) is 71.1 Å². The quantitative estimate of drug-likeness (QED) is 0.713. The van der Waals surface area contributed by atoms with Crippen molar-refractivity contribution in [3.8, 4) is 0 Å². The first kappa shape index (κ1) is 12.5. The molecule has 2 saturated heterocycles. The van der Waals surface area contributed by atoms with Gasteiger partial charge in [0.25, 0.3) is 0 Å². The Balaban J connectivity index is 1.99. The number of hydrogen-bond acceptors (Lipinski definition) is 7. The molecule has 0 unspecified atom stereocenters. The molecule has 0 N–H and O–H groups in total. The van der Waals surface area contributed by atoms with E-state index >= 15 is 0 Å². The Kier molecular flexibility index (Phi) is 3.98. The molecule has 0 amide bonds. The predicted molar refractivity (Wildman–Crippen MR) is 56.7 cm³/mol. The minimum absolute atomic E-state index is 0.000976. The molecular weight excluding hydrogens is 256 g/mol. The van der Waals surface area contributed by atoms with E-state index in [-0.39, 0.29) is 11.2 Å². The van der Waals surface area contributed by atoms with Crippen LogP contribution in [0.4, 0.5) is 0 Å². The van der Waals surface area contributed by atoms with Crippen LogP contribution in [0.2, 0.25) is 0 Å². The fourth-order valence-electron chi connectivity index (χ4n) is 1.64. The second-order valence-corrected chi connectivity index (χ2v) is 5.40. The van der Waals surface area contributed by atoms with Crippen LogP contribution < -0.4 is 0 Å². The van der Waals surface area contributed by atoms with Crippen molar-refractivity contribution in [2.45, 2.75) is 31.5 Å². The van der Waals surface area contributed by atoms with Gasteiger partial charge in [0.1, 0.15) is 12.2 Å². The third-order valence-corrected chi connectivity index (χ3v) is 3.99. The number of carbonyl (C=O) groups is 1. The molecule has 92 valence electrons. The molecule has 5 atom stereocenters. The highest BCUT2D eigenvalue weighted by molar-refractivity contribution is 8.13. The van der Waals surface area contributed by atoms with E-state index < -0.39 is 29.9 Å². The van der Waals surface area contributed by atoms with Crippen molar-refractivity contribution >= 4 is 28.2 Å². The summed E-state index contributed by atoms with van der Waals surface area (Å²) in [5.74, 6) is 0.441. The zero-order valence-corrected chi connectivity index (χ0v) is 10.4. The summed E-state index contributed by atoms with van der Waals surface area (Å²) >= 11 is -0.606. The molecule has 0 aromatic rings. The maximum atomic E-state index is 11.1. The molecule has 2 rings (SSSR count). The van der Waals surface area contributed by atoms with E-state index in [0.29, 0.717) is 5.75 Å². The maximum Gasteiger partial charge on any atom is 0.305 e. The summed E-state index contributed by atoms with van der Waals surface area (Å²) in [6.45, 7) is 1.48. The van der Waals surface area contributed by atoms with Crippen LogP contribution in [0.25, 0.3) is 0 Å². The van der Waals surface area contributed by atoms with Gasteiger partial charge in [-0.05, 0) is 0 Å². The van der Waals surface area contributed by atoms with E-state index in [4.69, 9.17) is 17.8 Å². The summed E-state index contributed by atoms with van der Waals surface area (Å²) in [5, 5.41) is 0.000976. The first-order valence-corrected chi connectivity index (χ1v) is 6.68. The second kappa shape index (κ2) is 5.11. The predicted octanol–water partition coefficient (Wildman–Crippen LogP) is 0.0001000. The van der Waals surface area contributed by atoms with Crippen LogP contribution in [-0.4, -0.2) is 46.8 Å². The molecule has 0 bridgehead atoms. The summed E-state index contributed by atoms with van der Waals surface area (Å²) in [4.78, 5) is 10.9. The molecule has 0 aromatic carbocycles. The van der Waals surface area contributed by atoms with Crippen LogP contribution in [0.5, 0.6) is 0 Å². The number of hydrogen-bond donors (Lipinski definition) is 0. The smallest absolute Gasteiger partial charge is 0.305 e. The van der Waals surface area contributed by atoms with Gasteiger partial charge in [0, 0.05) is 19.8 Å². The van der Waals surface area contributed by atoms with Crippen molar-refractivity contribution in [1.82, 2.24) is 0 Å². The highest BCUT2D eigenvalue weighted by atomic mass is 32.2. The Bertz CT molecular complexity index is 309. The third-order valence-electron chi connectivity index (χ3n) is 2.33. The van der Waals surface area contributed by atoms with Crippen LogP contribution >= 0.6 is 11.8 Å². The number of ether oxygens (including phenoxy) is 2. The normalized spacial score (nSPS) is 42.2. The van der Waals surface area contributed by atoms with Gasteiger partial charge in [-0.15, -0.1) is 0 Å². The van der Waals surface area contributed by atoms with Crippen molar-refractivity contribution in [1.29, 1.82) is 0 Å². The molecular formula is C8H12O6S2. The Labute approximate surface area is 99.8 Å². The summed E-state index contributed by atoms with van der Waals surface area (Å²) < 4.78 is 31.7. The SMILES string of the molecule is CO[C@@H]1O[C@H](CSC(C)=O)[C@H]2O[S@@](=O)O[C@@H]12. The monoisotopic (exact) mass is 268 g/mol. The standard InChI is InChI=1S/C8H12O6S2/c1-4(9)15-3-5-6-7(8(11-2)12-5)14-16(10)13-6/h5-8H,3H2,1-2H3/t5-,6-,7-,8-,16-/m1/s1. The van der Waals surface area contributed by atoms with Gasteiger partial charge < -0.3 is 9.47 Å². The van der Waals surface area contributed by atoms with E-state index in [9.17, 15) is 9.00 Å². The number of rotatable bonds is 3. The Morgan fingerprint density at radius 3 is 2.75 bits per heavy atom. The molecule has 6 nitrogen and oxygen atoms in total. The van der Waals surface area contributed by atoms with Gasteiger partial charge in [-0.25, -0.2) is 0 Å². The Morgan fingerprint density at radius 1 is 1.44 bits per heavy atom. The van der Waals surface area contributed by atoms with Gasteiger partial charge >= 0.3 is 11.4 Å². The summed E-state index contributed by atoms with van der Waals surface area (Å²) in [6, 6.07) is 0. The fraction of sp³-hybridized carbons (Fsp3) is 0.875. The van der Waals surface area contributed by atoms with E-state index in [2.05, 4.69) is 0 Å². The summed E-state index contributed by atoms with van der Waals surface area (Å²) in [7, 11) is 1.48. The molecule has 2 heterocycles. The summed E-state index contributed by atoms with van der Waals surface area (Å²) in [5.41, 5.74) is 0. The van der Waals surface area contributed by atoms with Gasteiger partial charge in [-0.1, -0.05) is 11.8 Å². The lowest BCUT2D eigenvalue weighted by Gasteiger charge is -2.14. The minimum Gasteiger partial charge on any atom is -0.353 e. The number of thioether (sulfide) groups is 1. The molecule has 0 aliphatic carbocycles. The van der Waals surface area contributed by atoms with E-state index in [1.807, 2.05) is 0 Å². The lowest BCUT2D eigenvalue weighted by atomic mass is 10.2. The van der Waals surface area contributed by atoms with Crippen LogP contribution in [0.1, 0.15) is 6.92 Å². The van der Waals surface area contributed by atoms with Gasteiger partial charge in [0.15, 0.2) is 17.5 Å². The molecule has 2 aliphatic heterocycles. The van der Waals surface area contributed by atoms with Crippen molar-refractivity contribution in [2.75, 3.05) is 12.9 Å². The van der Waals surface area contributed by atoms with Crippen molar-refractivity contribution < 1.29 is 26.8 Å². The molecule has 16 heavy (non-hydrogen) atoms. The highest BCUT2D eigenvalue weighted by Gasteiger charge is 2.53. The Morgan fingerprint density at radius 2 is 2.12 bits per heavy atom. The van der Waals surface area contributed by atoms with E-state index in [1.165, 1.54) is 14.0 Å². The minimum atomic E-state index is -1.74. The highest BCUT2D eigenvalue weighted by Crippen LogP contribution is 2.34. The van der Waals surface area contributed by atoms with Gasteiger partial charge in [-0.3, -0.25) is 13.2 Å². The first-order chi connectivity index (χ1) is 7.61. The molecule has 0 spiro atoms. The third kappa shape index (κ3) is 2.47. The number of methoxy groups -OCH3 is 1. The molecule has 0 radical (unpaired) electrons. The molecule has 8 heteroatoms. The van der Waals surface area contributed by atoms with E-state index in [0.717, 1.165) is 11.8 Å². The molecule has 2 fully saturated rings. The van der Waals surface area contributed by atoms with Crippen molar-refractivity contribution in [2.24, 2.45) is 0 Å². The van der Waals surface area contributed by atoms with Crippen molar-refractivity contribution in [3.05, 3.63) is 0 Å². The zero-order valence-electron chi connectivity index (χ0n) is 8.78. The average Bonchev–Trinajstić information content (AvgIpc) is 2.72. The summed E-state index contributed by atoms with van der Waals surface area (Å²) in [6.07, 6.45) is -1.84. The zero-order chi connectivity index (χ0) is 11.7. The number of fused-ring (bicyclic) bond motifs is 1. The van der Waals surface area contributed by atoms with Crippen molar-refractivity contribution in [3.63, 3.8) is 0 Å². The average molecular weight is 268 g/mol. The van der Waals surface area contributed by atoms with Gasteiger partial charge in [0.05, 0.1) is 0 Å². The fourth-order valence-corrected chi connectivity index (χ4v) is 3.15. The van der Waals surface area contributed by atoms with E-state index in [1.54, 1.807) is 0 Å². The maximum absolute atomic E-state index is 11.1. The lowest BCUT2D eigenvalue weighted by molar-refractivity contribution is -0.138. The van der Waals surface area contributed by atoms with Crippen LogP contribution in [-0.2, 0) is 34.0 Å². The second-order valence-electron chi connectivity index (χ2n) is 3.41. The van der Waals surface area contributed by atoms with Crippen LogP contribution in [0, 0.1) is 0 Å². The lowest BCUT2D eigenvalue weighted by Crippen LogP contribution is -2.31. The molecule has 2 aliphatic rings. The first-order valence-electron chi connectivity index (χ1n) is 4.69. The number of carbonyl (C=O) groups excluding carboxylic acids is 1. The Hall–Kier alpha value is 0.01000.